The van der Waals surface area contributed by atoms with Crippen LogP contribution in [0.3, 0.4) is 0 Å². The number of methoxy groups -OCH3 is 1. The summed E-state index contributed by atoms with van der Waals surface area (Å²) in [5.41, 5.74) is 3.71. The fourth-order valence-electron chi connectivity index (χ4n) is 4.39. The zero-order valence-electron chi connectivity index (χ0n) is 19.7. The molecule has 0 saturated heterocycles. The van der Waals surface area contributed by atoms with Crippen LogP contribution in [0.1, 0.15) is 62.0 Å². The molecular formula is C30H34O3. The van der Waals surface area contributed by atoms with Gasteiger partial charge in [0.25, 0.3) is 0 Å². The van der Waals surface area contributed by atoms with E-state index in [-0.39, 0.29) is 23.6 Å². The van der Waals surface area contributed by atoms with E-state index in [0.717, 1.165) is 31.2 Å². The Morgan fingerprint density at radius 1 is 1.03 bits per heavy atom. The van der Waals surface area contributed by atoms with Crippen molar-refractivity contribution in [1.29, 1.82) is 0 Å². The number of esters is 1. The van der Waals surface area contributed by atoms with Crippen molar-refractivity contribution in [3.8, 4) is 0 Å². The number of rotatable bonds is 11. The van der Waals surface area contributed by atoms with E-state index in [1.165, 1.54) is 18.2 Å². The van der Waals surface area contributed by atoms with Gasteiger partial charge in [0.2, 0.25) is 0 Å². The predicted octanol–water partition coefficient (Wildman–Crippen LogP) is 6.94. The van der Waals surface area contributed by atoms with Crippen LogP contribution in [0.25, 0.3) is 0 Å². The first-order valence-electron chi connectivity index (χ1n) is 11.8. The monoisotopic (exact) mass is 442 g/mol. The Kier molecular flexibility index (Phi) is 9.44. The maximum absolute atomic E-state index is 12.9. The fraction of sp³-hybridized carbons (Fsp3) is 0.333. The molecule has 0 aliphatic heterocycles. The van der Waals surface area contributed by atoms with Gasteiger partial charge in [-0.15, -0.1) is 0 Å². The molecule has 0 spiro atoms. The Balaban J connectivity index is 1.67. The highest BCUT2D eigenvalue weighted by Gasteiger charge is 2.28. The van der Waals surface area contributed by atoms with Gasteiger partial charge in [-0.05, 0) is 48.8 Å². The topological polar surface area (TPSA) is 43.4 Å². The lowest BCUT2D eigenvalue weighted by molar-refractivity contribution is -0.140. The molecule has 0 heterocycles. The minimum atomic E-state index is -0.160. The van der Waals surface area contributed by atoms with Crippen LogP contribution >= 0.6 is 0 Å². The van der Waals surface area contributed by atoms with Gasteiger partial charge < -0.3 is 4.74 Å². The van der Waals surface area contributed by atoms with E-state index in [4.69, 9.17) is 0 Å². The first kappa shape index (κ1) is 24.4. The zero-order valence-corrected chi connectivity index (χ0v) is 19.7. The van der Waals surface area contributed by atoms with Gasteiger partial charge >= 0.3 is 5.97 Å². The smallest absolute Gasteiger partial charge is 0.305 e. The number of benzene rings is 2. The third-order valence-electron chi connectivity index (χ3n) is 6.42. The second kappa shape index (κ2) is 12.7. The van der Waals surface area contributed by atoms with Crippen molar-refractivity contribution in [3.05, 3.63) is 108 Å². The van der Waals surface area contributed by atoms with E-state index >= 15 is 0 Å². The van der Waals surface area contributed by atoms with Gasteiger partial charge in [-0.1, -0.05) is 97.5 Å². The third kappa shape index (κ3) is 7.15. The van der Waals surface area contributed by atoms with Crippen LogP contribution in [0.15, 0.2) is 96.6 Å². The molecule has 0 fully saturated rings. The summed E-state index contributed by atoms with van der Waals surface area (Å²) < 4.78 is 4.69. The lowest BCUT2D eigenvalue weighted by Gasteiger charge is -2.20. The summed E-state index contributed by atoms with van der Waals surface area (Å²) >= 11 is 0. The van der Waals surface area contributed by atoms with Crippen LogP contribution in [0, 0.1) is 5.92 Å². The molecular weight excluding hydrogens is 408 g/mol. The van der Waals surface area contributed by atoms with E-state index in [9.17, 15) is 9.59 Å². The number of hydrogen-bond donors (Lipinski definition) is 0. The summed E-state index contributed by atoms with van der Waals surface area (Å²) in [5, 5.41) is 0. The Labute approximate surface area is 197 Å². The van der Waals surface area contributed by atoms with Crippen molar-refractivity contribution >= 4 is 11.8 Å². The normalized spacial score (nSPS) is 19.0. The third-order valence-corrected chi connectivity index (χ3v) is 6.42. The molecule has 0 aromatic heterocycles. The molecule has 0 bridgehead atoms. The van der Waals surface area contributed by atoms with Gasteiger partial charge in [0, 0.05) is 18.3 Å². The first-order valence-corrected chi connectivity index (χ1v) is 11.8. The molecule has 3 heteroatoms. The second-order valence-electron chi connectivity index (χ2n) is 8.60. The molecule has 3 atom stereocenters. The number of ketones is 1. The van der Waals surface area contributed by atoms with Gasteiger partial charge in [0.1, 0.15) is 0 Å². The second-order valence-corrected chi connectivity index (χ2v) is 8.60. The number of ether oxygens (including phenoxy) is 1. The highest BCUT2D eigenvalue weighted by Crippen LogP contribution is 2.42. The van der Waals surface area contributed by atoms with Crippen molar-refractivity contribution in [1.82, 2.24) is 0 Å². The van der Waals surface area contributed by atoms with Gasteiger partial charge in [-0.25, -0.2) is 0 Å². The molecule has 0 amide bonds. The van der Waals surface area contributed by atoms with Crippen molar-refractivity contribution in [2.24, 2.45) is 5.92 Å². The Morgan fingerprint density at radius 3 is 2.42 bits per heavy atom. The van der Waals surface area contributed by atoms with Crippen LogP contribution in [0.5, 0.6) is 0 Å². The summed E-state index contributed by atoms with van der Waals surface area (Å²) in [4.78, 5) is 24.1. The molecule has 2 aromatic rings. The molecule has 172 valence electrons. The van der Waals surface area contributed by atoms with Crippen molar-refractivity contribution < 1.29 is 14.3 Å². The van der Waals surface area contributed by atoms with Gasteiger partial charge in [0.05, 0.1) is 7.11 Å². The quantitative estimate of drug-likeness (QED) is 0.164. The van der Waals surface area contributed by atoms with Crippen LogP contribution in [-0.4, -0.2) is 18.9 Å². The standard InChI is InChI=1S/C30H34O3/c1-23(24-13-8-5-9-14-24)29(31)22-21-28-26(17-7-3-4-12-18-30(32)33-2)19-20-27(28)25-15-10-6-11-16-25/h3,5-11,13-16,19,21-23,27-28H,4,12,17-18,20H2,1-2H3/b7-3-,22-21+/t23?,27?,28-/m0/s1. The number of unbranched alkanes of at least 4 members (excludes halogenated alkanes) is 1. The molecule has 2 unspecified atom stereocenters. The van der Waals surface area contributed by atoms with E-state index in [2.05, 4.69) is 53.3 Å². The molecule has 1 aliphatic rings. The lowest BCUT2D eigenvalue weighted by Crippen LogP contribution is -2.10. The van der Waals surface area contributed by atoms with Crippen LogP contribution in [0.4, 0.5) is 0 Å². The molecule has 2 aromatic carbocycles. The SMILES string of the molecule is COC(=O)CCC/C=C\CC1=CCC(c2ccccc2)[C@H]1/C=C/C(=O)C(C)c1ccccc1. The van der Waals surface area contributed by atoms with Crippen LogP contribution in [-0.2, 0) is 14.3 Å². The van der Waals surface area contributed by atoms with Gasteiger partial charge in [-0.2, -0.15) is 0 Å². The van der Waals surface area contributed by atoms with Gasteiger partial charge in [0.15, 0.2) is 5.78 Å². The highest BCUT2D eigenvalue weighted by molar-refractivity contribution is 5.95. The van der Waals surface area contributed by atoms with Gasteiger partial charge in [-0.3, -0.25) is 9.59 Å². The number of carbonyl (C=O) groups is 2. The Bertz CT molecular complexity index is 986. The Hall–Kier alpha value is -3.20. The van der Waals surface area contributed by atoms with E-state index < -0.39 is 0 Å². The summed E-state index contributed by atoms with van der Waals surface area (Å²) in [5.74, 6) is 0.384. The summed E-state index contributed by atoms with van der Waals surface area (Å²) in [7, 11) is 1.42. The average molecular weight is 443 g/mol. The fourth-order valence-corrected chi connectivity index (χ4v) is 4.39. The summed E-state index contributed by atoms with van der Waals surface area (Å²) in [6, 6.07) is 20.5. The first-order chi connectivity index (χ1) is 16.1. The minimum absolute atomic E-state index is 0.137. The lowest BCUT2D eigenvalue weighted by atomic mass is 9.83. The molecule has 0 radical (unpaired) electrons. The summed E-state index contributed by atoms with van der Waals surface area (Å²) in [6.45, 7) is 1.97. The van der Waals surface area contributed by atoms with Crippen molar-refractivity contribution in [2.45, 2.75) is 50.9 Å². The van der Waals surface area contributed by atoms with E-state index in [0.29, 0.717) is 12.3 Å². The van der Waals surface area contributed by atoms with E-state index in [1.54, 1.807) is 6.08 Å². The minimum Gasteiger partial charge on any atom is -0.469 e. The van der Waals surface area contributed by atoms with Crippen LogP contribution < -0.4 is 0 Å². The number of allylic oxidation sites excluding steroid dienone is 6. The maximum Gasteiger partial charge on any atom is 0.305 e. The molecule has 0 N–H and O–H groups in total. The Morgan fingerprint density at radius 2 is 1.73 bits per heavy atom. The van der Waals surface area contributed by atoms with Crippen LogP contribution in [0.2, 0.25) is 0 Å². The molecule has 0 saturated carbocycles. The van der Waals surface area contributed by atoms with E-state index in [1.807, 2.05) is 43.3 Å². The highest BCUT2D eigenvalue weighted by atomic mass is 16.5. The molecule has 1 aliphatic carbocycles. The van der Waals surface area contributed by atoms with Crippen molar-refractivity contribution in [2.75, 3.05) is 7.11 Å². The largest absolute Gasteiger partial charge is 0.469 e. The average Bonchev–Trinajstić information content (AvgIpc) is 3.27. The maximum atomic E-state index is 12.9. The molecule has 3 rings (SSSR count). The number of hydrogen-bond acceptors (Lipinski definition) is 3. The summed E-state index contributed by atoms with van der Waals surface area (Å²) in [6.07, 6.45) is 14.5. The number of carbonyl (C=O) groups excluding carboxylic acids is 2. The molecule has 3 nitrogen and oxygen atoms in total. The zero-order chi connectivity index (χ0) is 23.5. The van der Waals surface area contributed by atoms with Crippen molar-refractivity contribution in [3.63, 3.8) is 0 Å². The molecule has 33 heavy (non-hydrogen) atoms. The predicted molar refractivity (Wildman–Crippen MR) is 134 cm³/mol.